The van der Waals surface area contributed by atoms with Crippen LogP contribution in [0.2, 0.25) is 5.02 Å². The lowest BCUT2D eigenvalue weighted by atomic mass is 10.1. The van der Waals surface area contributed by atoms with Crippen LogP contribution in [0.1, 0.15) is 34.3 Å². The van der Waals surface area contributed by atoms with Crippen molar-refractivity contribution in [3.05, 3.63) is 58.1 Å². The molecule has 0 radical (unpaired) electrons. The second-order valence-corrected chi connectivity index (χ2v) is 6.56. The zero-order chi connectivity index (χ0) is 17.8. The molecule has 5 heteroatoms. The number of rotatable bonds is 4. The highest BCUT2D eigenvalue weighted by molar-refractivity contribution is 6.33. The van der Waals surface area contributed by atoms with Crippen molar-refractivity contribution in [3.63, 3.8) is 0 Å². The molecule has 1 saturated heterocycles. The van der Waals surface area contributed by atoms with E-state index in [1.54, 1.807) is 18.2 Å². The Hall–Kier alpha value is -2.33. The van der Waals surface area contributed by atoms with Gasteiger partial charge in [0.15, 0.2) is 0 Å². The first-order chi connectivity index (χ1) is 12.1. The average Bonchev–Trinajstić information content (AvgIpc) is 3.14. The first kappa shape index (κ1) is 17.5. The highest BCUT2D eigenvalue weighted by Crippen LogP contribution is 2.26. The molecule has 0 bridgehead atoms. The van der Waals surface area contributed by atoms with Gasteiger partial charge in [-0.05, 0) is 61.2 Å². The molecule has 0 N–H and O–H groups in total. The van der Waals surface area contributed by atoms with Gasteiger partial charge >= 0.3 is 5.97 Å². The number of esters is 1. The number of aliphatic imine (C=N–C) groups is 1. The third-order valence-corrected chi connectivity index (χ3v) is 4.70. The molecule has 0 atom stereocenters. The van der Waals surface area contributed by atoms with Crippen LogP contribution in [0, 0.1) is 6.92 Å². The molecule has 0 aliphatic carbocycles. The molecule has 0 amide bonds. The Labute approximate surface area is 153 Å². The zero-order valence-electron chi connectivity index (χ0n) is 14.5. The topological polar surface area (TPSA) is 41.9 Å². The SMILES string of the molecule is COC(=O)c1ccc(N=Cc2ccc(N3CCCC3)c(C)c2)cc1Cl. The molecule has 0 aromatic heterocycles. The molecule has 1 heterocycles. The fraction of sp³-hybridized carbons (Fsp3) is 0.300. The number of carbonyl (C=O) groups is 1. The maximum Gasteiger partial charge on any atom is 0.339 e. The number of benzene rings is 2. The Bertz CT molecular complexity index is 811. The molecule has 0 spiro atoms. The summed E-state index contributed by atoms with van der Waals surface area (Å²) in [6.45, 7) is 4.41. The number of ether oxygens (including phenoxy) is 1. The Morgan fingerprint density at radius 1 is 1.20 bits per heavy atom. The second-order valence-electron chi connectivity index (χ2n) is 6.15. The summed E-state index contributed by atoms with van der Waals surface area (Å²) in [5, 5.41) is 0.335. The van der Waals surface area contributed by atoms with Gasteiger partial charge in [0.05, 0.1) is 23.4 Å². The van der Waals surface area contributed by atoms with Gasteiger partial charge in [-0.15, -0.1) is 0 Å². The van der Waals surface area contributed by atoms with E-state index in [0.29, 0.717) is 16.3 Å². The van der Waals surface area contributed by atoms with Crippen molar-refractivity contribution in [2.75, 3.05) is 25.1 Å². The van der Waals surface area contributed by atoms with Gasteiger partial charge in [0, 0.05) is 25.0 Å². The summed E-state index contributed by atoms with van der Waals surface area (Å²) in [4.78, 5) is 18.4. The van der Waals surface area contributed by atoms with E-state index in [1.807, 2.05) is 6.21 Å². The van der Waals surface area contributed by atoms with Crippen LogP contribution in [-0.4, -0.2) is 32.4 Å². The molecule has 2 aromatic carbocycles. The molecule has 3 rings (SSSR count). The Balaban J connectivity index is 1.76. The average molecular weight is 357 g/mol. The number of halogens is 1. The molecule has 130 valence electrons. The van der Waals surface area contributed by atoms with E-state index in [1.165, 1.54) is 31.2 Å². The van der Waals surface area contributed by atoms with Crippen LogP contribution in [0.25, 0.3) is 0 Å². The molecular weight excluding hydrogens is 336 g/mol. The van der Waals surface area contributed by atoms with Gasteiger partial charge in [0.25, 0.3) is 0 Å². The standard InChI is InChI=1S/C20H21ClN2O2/c1-14-11-15(5-8-19(14)23-9-3-4-10-23)13-22-16-6-7-17(18(21)12-16)20(24)25-2/h5-8,11-13H,3-4,9-10H2,1-2H3. The number of aryl methyl sites for hydroxylation is 1. The van der Waals surface area contributed by atoms with Gasteiger partial charge in [0.1, 0.15) is 0 Å². The summed E-state index contributed by atoms with van der Waals surface area (Å²) in [6.07, 6.45) is 4.35. The molecule has 25 heavy (non-hydrogen) atoms. The molecule has 0 unspecified atom stereocenters. The molecule has 1 fully saturated rings. The molecule has 1 aliphatic heterocycles. The minimum absolute atomic E-state index is 0.335. The Morgan fingerprint density at radius 2 is 1.96 bits per heavy atom. The smallest absolute Gasteiger partial charge is 0.339 e. The van der Waals surface area contributed by atoms with E-state index in [9.17, 15) is 4.79 Å². The predicted molar refractivity (Wildman–Crippen MR) is 103 cm³/mol. The lowest BCUT2D eigenvalue weighted by molar-refractivity contribution is 0.0601. The van der Waals surface area contributed by atoms with Crippen molar-refractivity contribution < 1.29 is 9.53 Å². The highest BCUT2D eigenvalue weighted by atomic mass is 35.5. The Kier molecular flexibility index (Phi) is 5.39. The quantitative estimate of drug-likeness (QED) is 0.584. The zero-order valence-corrected chi connectivity index (χ0v) is 15.2. The summed E-state index contributed by atoms with van der Waals surface area (Å²) in [6, 6.07) is 11.4. The molecule has 4 nitrogen and oxygen atoms in total. The summed E-state index contributed by atoms with van der Waals surface area (Å²) < 4.78 is 4.69. The first-order valence-electron chi connectivity index (χ1n) is 8.36. The summed E-state index contributed by atoms with van der Waals surface area (Å²) in [7, 11) is 1.33. The summed E-state index contributed by atoms with van der Waals surface area (Å²) in [5.74, 6) is -0.450. The van der Waals surface area contributed by atoms with Crippen LogP contribution in [0.4, 0.5) is 11.4 Å². The predicted octanol–water partition coefficient (Wildman–Crippen LogP) is 4.79. The number of hydrogen-bond donors (Lipinski definition) is 0. The van der Waals surface area contributed by atoms with Crippen molar-refractivity contribution in [3.8, 4) is 0 Å². The van der Waals surface area contributed by atoms with E-state index in [4.69, 9.17) is 11.6 Å². The van der Waals surface area contributed by atoms with Crippen LogP contribution in [-0.2, 0) is 4.74 Å². The maximum atomic E-state index is 11.6. The minimum atomic E-state index is -0.450. The molecule has 2 aromatic rings. The number of anilines is 1. The number of carbonyl (C=O) groups excluding carboxylic acids is 1. The maximum absolute atomic E-state index is 11.6. The lowest BCUT2D eigenvalue weighted by Gasteiger charge is -2.20. The minimum Gasteiger partial charge on any atom is -0.465 e. The van der Waals surface area contributed by atoms with Gasteiger partial charge in [-0.1, -0.05) is 17.7 Å². The van der Waals surface area contributed by atoms with Crippen LogP contribution in [0.3, 0.4) is 0 Å². The van der Waals surface area contributed by atoms with E-state index < -0.39 is 5.97 Å². The van der Waals surface area contributed by atoms with Crippen LogP contribution in [0.5, 0.6) is 0 Å². The fourth-order valence-electron chi connectivity index (χ4n) is 3.08. The summed E-state index contributed by atoms with van der Waals surface area (Å²) in [5.41, 5.74) is 4.63. The van der Waals surface area contributed by atoms with Gasteiger partial charge in [-0.25, -0.2) is 4.79 Å². The van der Waals surface area contributed by atoms with Gasteiger partial charge in [-0.2, -0.15) is 0 Å². The van der Waals surface area contributed by atoms with Crippen LogP contribution in [0.15, 0.2) is 41.4 Å². The highest BCUT2D eigenvalue weighted by Gasteiger charge is 2.14. The largest absolute Gasteiger partial charge is 0.465 e. The monoisotopic (exact) mass is 356 g/mol. The number of methoxy groups -OCH3 is 1. The third kappa shape index (κ3) is 4.02. The van der Waals surface area contributed by atoms with E-state index >= 15 is 0 Å². The van der Waals surface area contributed by atoms with E-state index in [2.05, 4.69) is 39.8 Å². The molecular formula is C20H21ClN2O2. The Morgan fingerprint density at radius 3 is 2.60 bits per heavy atom. The fourth-order valence-corrected chi connectivity index (χ4v) is 3.33. The molecule has 0 saturated carbocycles. The van der Waals surface area contributed by atoms with Gasteiger partial charge in [0.2, 0.25) is 0 Å². The van der Waals surface area contributed by atoms with Crippen LogP contribution >= 0.6 is 11.6 Å². The van der Waals surface area contributed by atoms with Crippen molar-refractivity contribution >= 4 is 35.2 Å². The van der Waals surface area contributed by atoms with Crippen molar-refractivity contribution in [1.29, 1.82) is 0 Å². The van der Waals surface area contributed by atoms with E-state index in [-0.39, 0.29) is 0 Å². The number of hydrogen-bond acceptors (Lipinski definition) is 4. The van der Waals surface area contributed by atoms with Crippen molar-refractivity contribution in [1.82, 2.24) is 0 Å². The van der Waals surface area contributed by atoms with Crippen molar-refractivity contribution in [2.45, 2.75) is 19.8 Å². The first-order valence-corrected chi connectivity index (χ1v) is 8.74. The number of nitrogens with zero attached hydrogens (tertiary/aromatic N) is 2. The van der Waals surface area contributed by atoms with Crippen LogP contribution < -0.4 is 4.90 Å². The van der Waals surface area contributed by atoms with E-state index in [0.717, 1.165) is 18.7 Å². The third-order valence-electron chi connectivity index (χ3n) is 4.39. The van der Waals surface area contributed by atoms with Gasteiger partial charge in [-0.3, -0.25) is 4.99 Å². The lowest BCUT2D eigenvalue weighted by Crippen LogP contribution is -2.18. The van der Waals surface area contributed by atoms with Crippen molar-refractivity contribution in [2.24, 2.45) is 4.99 Å². The normalized spacial score (nSPS) is 14.3. The van der Waals surface area contributed by atoms with Gasteiger partial charge < -0.3 is 9.64 Å². The summed E-state index contributed by atoms with van der Waals surface area (Å²) >= 11 is 6.12. The molecule has 1 aliphatic rings. The second kappa shape index (κ2) is 7.70.